The third-order valence-electron chi connectivity index (χ3n) is 2.27. The van der Waals surface area contributed by atoms with Crippen molar-refractivity contribution in [1.29, 1.82) is 0 Å². The molecule has 0 aliphatic heterocycles. The maximum atomic E-state index is 11.9. The highest BCUT2D eigenvalue weighted by atomic mass is 127. The minimum atomic E-state index is -0.545. The lowest BCUT2D eigenvalue weighted by Crippen LogP contribution is -2.16. The summed E-state index contributed by atoms with van der Waals surface area (Å²) in [5.41, 5.74) is 0.109. The van der Waals surface area contributed by atoms with Gasteiger partial charge in [-0.05, 0) is 40.8 Å². The van der Waals surface area contributed by atoms with Gasteiger partial charge in [0.05, 0.1) is 11.3 Å². The molecule has 3 N–H and O–H groups in total. The summed E-state index contributed by atoms with van der Waals surface area (Å²) in [6.07, 6.45) is 0. The normalized spacial score (nSPS) is 10.2. The van der Waals surface area contributed by atoms with Crippen molar-refractivity contribution in [2.24, 2.45) is 0 Å². The summed E-state index contributed by atoms with van der Waals surface area (Å²) in [5.74, 6) is -0.843. The van der Waals surface area contributed by atoms with E-state index in [1.165, 1.54) is 6.07 Å². The van der Waals surface area contributed by atoms with Gasteiger partial charge in [0.1, 0.15) is 0 Å². The van der Waals surface area contributed by atoms with E-state index in [2.05, 4.69) is 10.3 Å². The van der Waals surface area contributed by atoms with E-state index in [4.69, 9.17) is 11.6 Å². The number of aromatic nitrogens is 1. The predicted octanol–water partition coefficient (Wildman–Crippen LogP) is 2.59. The van der Waals surface area contributed by atoms with E-state index in [-0.39, 0.29) is 11.4 Å². The highest BCUT2D eigenvalue weighted by molar-refractivity contribution is 14.1. The fourth-order valence-corrected chi connectivity index (χ4v) is 2.45. The molecule has 2 aromatic rings. The first-order chi connectivity index (χ1) is 8.95. The second kappa shape index (κ2) is 5.62. The van der Waals surface area contributed by atoms with Crippen LogP contribution in [0.3, 0.4) is 0 Å². The topological polar surface area (TPSA) is 82.2 Å². The van der Waals surface area contributed by atoms with Gasteiger partial charge in [0, 0.05) is 20.7 Å². The number of anilines is 1. The summed E-state index contributed by atoms with van der Waals surface area (Å²) < 4.78 is 0.771. The fraction of sp³-hybridized carbons (Fsp3) is 0. The number of aromatic amines is 1. The molecule has 0 atom stereocenters. The Bertz CT molecular complexity index is 700. The van der Waals surface area contributed by atoms with Crippen molar-refractivity contribution in [2.75, 3.05) is 5.32 Å². The average Bonchev–Trinajstić information content (AvgIpc) is 2.31. The van der Waals surface area contributed by atoms with Gasteiger partial charge in [0.25, 0.3) is 11.5 Å². The molecule has 0 fully saturated rings. The van der Waals surface area contributed by atoms with Crippen LogP contribution < -0.4 is 10.9 Å². The molecule has 1 amide bonds. The molecule has 1 heterocycles. The maximum absolute atomic E-state index is 11.9. The molecule has 7 heteroatoms. The minimum Gasteiger partial charge on any atom is -0.494 e. The first-order valence-electron chi connectivity index (χ1n) is 5.15. The lowest BCUT2D eigenvalue weighted by Gasteiger charge is -2.07. The molecule has 0 aliphatic carbocycles. The summed E-state index contributed by atoms with van der Waals surface area (Å²) in [7, 11) is 0. The van der Waals surface area contributed by atoms with Gasteiger partial charge in [0.2, 0.25) is 0 Å². The van der Waals surface area contributed by atoms with Crippen molar-refractivity contribution in [3.8, 4) is 5.88 Å². The Balaban J connectivity index is 2.28. The van der Waals surface area contributed by atoms with E-state index < -0.39 is 11.5 Å². The number of pyridine rings is 1. The number of benzene rings is 1. The van der Waals surface area contributed by atoms with Gasteiger partial charge in [-0.3, -0.25) is 14.6 Å². The molecule has 0 saturated carbocycles. The quantitative estimate of drug-likeness (QED) is 0.690. The zero-order chi connectivity index (χ0) is 14.0. The second-order valence-electron chi connectivity index (χ2n) is 3.70. The van der Waals surface area contributed by atoms with Crippen molar-refractivity contribution in [3.05, 3.63) is 54.8 Å². The van der Waals surface area contributed by atoms with Gasteiger partial charge < -0.3 is 10.4 Å². The molecule has 19 heavy (non-hydrogen) atoms. The first kappa shape index (κ1) is 13.9. The van der Waals surface area contributed by atoms with E-state index >= 15 is 0 Å². The van der Waals surface area contributed by atoms with Gasteiger partial charge in [0.15, 0.2) is 5.88 Å². The largest absolute Gasteiger partial charge is 0.494 e. The summed E-state index contributed by atoms with van der Waals surface area (Å²) >= 11 is 7.85. The summed E-state index contributed by atoms with van der Waals surface area (Å²) in [6, 6.07) is 7.30. The van der Waals surface area contributed by atoms with Crippen molar-refractivity contribution in [3.63, 3.8) is 0 Å². The highest BCUT2D eigenvalue weighted by Crippen LogP contribution is 2.22. The Labute approximate surface area is 126 Å². The number of carbonyl (C=O) groups excluding carboxylic acids is 1. The zero-order valence-corrected chi connectivity index (χ0v) is 12.3. The zero-order valence-electron chi connectivity index (χ0n) is 9.41. The van der Waals surface area contributed by atoms with Crippen LogP contribution in [0.5, 0.6) is 5.88 Å². The SMILES string of the molecule is O=C(Nc1ccc(Cl)cc1I)c1cc(O)[nH]c(=O)c1. The number of halogens is 2. The number of nitrogens with one attached hydrogen (secondary N) is 2. The Morgan fingerprint density at radius 2 is 2.05 bits per heavy atom. The smallest absolute Gasteiger partial charge is 0.256 e. The number of hydrogen-bond acceptors (Lipinski definition) is 3. The molecular formula is C12H8ClIN2O3. The van der Waals surface area contributed by atoms with Gasteiger partial charge in [-0.1, -0.05) is 11.6 Å². The third kappa shape index (κ3) is 3.48. The van der Waals surface area contributed by atoms with Crippen molar-refractivity contribution < 1.29 is 9.90 Å². The van der Waals surface area contributed by atoms with Gasteiger partial charge in [-0.15, -0.1) is 0 Å². The van der Waals surface area contributed by atoms with Crippen LogP contribution in [-0.2, 0) is 0 Å². The van der Waals surface area contributed by atoms with Crippen LogP contribution in [0.25, 0.3) is 0 Å². The maximum Gasteiger partial charge on any atom is 0.256 e. The highest BCUT2D eigenvalue weighted by Gasteiger charge is 2.10. The minimum absolute atomic E-state index is 0.0759. The Kier molecular flexibility index (Phi) is 4.11. The van der Waals surface area contributed by atoms with Crippen molar-refractivity contribution >= 4 is 45.8 Å². The van der Waals surface area contributed by atoms with Gasteiger partial charge in [-0.2, -0.15) is 0 Å². The van der Waals surface area contributed by atoms with Crippen LogP contribution in [0.2, 0.25) is 5.02 Å². The lowest BCUT2D eigenvalue weighted by molar-refractivity contribution is 0.102. The van der Waals surface area contributed by atoms with E-state index in [1.54, 1.807) is 18.2 Å². The molecule has 0 saturated heterocycles. The lowest BCUT2D eigenvalue weighted by atomic mass is 10.2. The molecule has 0 radical (unpaired) electrons. The van der Waals surface area contributed by atoms with Gasteiger partial charge >= 0.3 is 0 Å². The van der Waals surface area contributed by atoms with E-state index in [0.717, 1.165) is 9.64 Å². The van der Waals surface area contributed by atoms with Gasteiger partial charge in [-0.25, -0.2) is 0 Å². The first-order valence-corrected chi connectivity index (χ1v) is 6.61. The van der Waals surface area contributed by atoms with E-state index in [9.17, 15) is 14.7 Å². The standard InChI is InChI=1S/C12H8ClIN2O3/c13-7-1-2-9(8(14)5-7)15-12(19)6-3-10(17)16-11(18)4-6/h1-5H,(H,15,19)(H2,16,17,18). The van der Waals surface area contributed by atoms with E-state index in [0.29, 0.717) is 10.7 Å². The summed E-state index contributed by atoms with van der Waals surface area (Å²) in [4.78, 5) is 25.3. The molecule has 0 bridgehead atoms. The fourth-order valence-electron chi connectivity index (χ4n) is 1.45. The van der Waals surface area contributed by atoms with Crippen molar-refractivity contribution in [1.82, 2.24) is 4.98 Å². The summed E-state index contributed by atoms with van der Waals surface area (Å²) in [5, 5.41) is 12.5. The molecule has 5 nitrogen and oxygen atoms in total. The third-order valence-corrected chi connectivity index (χ3v) is 3.40. The Morgan fingerprint density at radius 1 is 1.32 bits per heavy atom. The van der Waals surface area contributed by atoms with Crippen LogP contribution in [0, 0.1) is 3.57 Å². The van der Waals surface area contributed by atoms with Crippen LogP contribution in [0.15, 0.2) is 35.1 Å². The van der Waals surface area contributed by atoms with Crippen LogP contribution >= 0.6 is 34.2 Å². The summed E-state index contributed by atoms with van der Waals surface area (Å²) in [6.45, 7) is 0. The molecule has 0 spiro atoms. The van der Waals surface area contributed by atoms with Crippen LogP contribution in [0.4, 0.5) is 5.69 Å². The molecule has 0 aliphatic rings. The average molecular weight is 391 g/mol. The molecular weight excluding hydrogens is 383 g/mol. The molecule has 1 aromatic heterocycles. The number of aromatic hydroxyl groups is 1. The monoisotopic (exact) mass is 390 g/mol. The number of H-pyrrole nitrogens is 1. The molecule has 0 unspecified atom stereocenters. The number of hydrogen-bond donors (Lipinski definition) is 3. The Hall–Kier alpha value is -1.54. The number of carbonyl (C=O) groups is 1. The van der Waals surface area contributed by atoms with Crippen LogP contribution in [-0.4, -0.2) is 16.0 Å². The van der Waals surface area contributed by atoms with Crippen molar-refractivity contribution in [2.45, 2.75) is 0 Å². The number of amides is 1. The van der Waals surface area contributed by atoms with Crippen LogP contribution in [0.1, 0.15) is 10.4 Å². The predicted molar refractivity (Wildman–Crippen MR) is 80.8 cm³/mol. The number of rotatable bonds is 2. The molecule has 98 valence electrons. The van der Waals surface area contributed by atoms with E-state index in [1.807, 2.05) is 22.6 Å². The Morgan fingerprint density at radius 3 is 2.68 bits per heavy atom. The molecule has 1 aromatic carbocycles. The molecule has 2 rings (SSSR count). The second-order valence-corrected chi connectivity index (χ2v) is 5.30.